The van der Waals surface area contributed by atoms with Gasteiger partial charge in [0.25, 0.3) is 0 Å². The molecule has 4 aromatic rings. The second-order valence-corrected chi connectivity index (χ2v) is 14.3. The lowest BCUT2D eigenvalue weighted by molar-refractivity contribution is -0.0717. The maximum atomic E-state index is 17.1. The Bertz CT molecular complexity index is 1920. The molecule has 1 N–H and O–H groups in total. The van der Waals surface area contributed by atoms with Gasteiger partial charge in [0.05, 0.1) is 29.2 Å². The Morgan fingerprint density at radius 1 is 1.13 bits per heavy atom. The van der Waals surface area contributed by atoms with Gasteiger partial charge in [-0.1, -0.05) is 11.6 Å². The van der Waals surface area contributed by atoms with E-state index in [9.17, 15) is 9.18 Å². The third kappa shape index (κ3) is 4.79. The molecule has 11 rings (SSSR count). The molecule has 7 aliphatic rings. The van der Waals surface area contributed by atoms with E-state index in [-0.39, 0.29) is 48.4 Å². The summed E-state index contributed by atoms with van der Waals surface area (Å²) < 4.78 is 49.0. The Morgan fingerprint density at radius 3 is 2.89 bits per heavy atom. The summed E-state index contributed by atoms with van der Waals surface area (Å²) in [6.45, 7) is 2.81. The summed E-state index contributed by atoms with van der Waals surface area (Å²) in [7, 11) is 0. The van der Waals surface area contributed by atoms with Crippen LogP contribution in [0.3, 0.4) is 0 Å². The van der Waals surface area contributed by atoms with Crippen molar-refractivity contribution in [1.82, 2.24) is 30.0 Å². The number of pyridine rings is 1. The summed E-state index contributed by atoms with van der Waals surface area (Å²) in [6.07, 6.45) is 7.06. The number of H-pyrrole nitrogens is 1. The number of benzene rings is 1. The SMILES string of the molecule is O=C1OCCc2c(Cl)cc3[nH]ncc3c2-c2ncc3c(nc(OC[C@@]45CCCN4C[C@@H](F)C5)nc3c2F)N2CCCC3(CC(C3)O1)C2. The van der Waals surface area contributed by atoms with Gasteiger partial charge in [0.1, 0.15) is 35.9 Å². The molecule has 1 aliphatic carbocycles. The van der Waals surface area contributed by atoms with Crippen LogP contribution in [0.1, 0.15) is 50.5 Å². The molecule has 1 spiro atoms. The number of rotatable bonds is 3. The van der Waals surface area contributed by atoms with Crippen molar-refractivity contribution in [2.75, 3.05) is 44.3 Å². The van der Waals surface area contributed by atoms with Gasteiger partial charge in [-0.2, -0.15) is 15.1 Å². The highest BCUT2D eigenvalue weighted by Crippen LogP contribution is 2.50. The van der Waals surface area contributed by atoms with Gasteiger partial charge >= 0.3 is 12.2 Å². The predicted molar refractivity (Wildman–Crippen MR) is 169 cm³/mol. The normalized spacial score (nSPS) is 29.0. The molecule has 7 bridgehead atoms. The van der Waals surface area contributed by atoms with E-state index in [4.69, 9.17) is 30.8 Å². The highest BCUT2D eigenvalue weighted by Gasteiger charge is 2.50. The number of hydrogen-bond donors (Lipinski definition) is 1. The first kappa shape index (κ1) is 29.3. The van der Waals surface area contributed by atoms with Crippen LogP contribution in [0.5, 0.6) is 6.01 Å². The predicted octanol–water partition coefficient (Wildman–Crippen LogP) is 5.77. The van der Waals surface area contributed by atoms with Crippen LogP contribution in [-0.2, 0) is 15.9 Å². The van der Waals surface area contributed by atoms with Crippen molar-refractivity contribution in [1.29, 1.82) is 0 Å². The summed E-state index contributed by atoms with van der Waals surface area (Å²) in [5, 5.41) is 8.52. The second-order valence-electron chi connectivity index (χ2n) is 13.9. The molecule has 2 atom stereocenters. The third-order valence-corrected chi connectivity index (χ3v) is 11.4. The minimum absolute atomic E-state index is 0.0153. The third-order valence-electron chi connectivity index (χ3n) is 11.0. The fourth-order valence-electron chi connectivity index (χ4n) is 8.88. The maximum Gasteiger partial charge on any atom is 0.508 e. The summed E-state index contributed by atoms with van der Waals surface area (Å²) in [6, 6.07) is 1.77. The van der Waals surface area contributed by atoms with E-state index in [1.165, 1.54) is 0 Å². The molecule has 246 valence electrons. The summed E-state index contributed by atoms with van der Waals surface area (Å²) >= 11 is 6.76. The van der Waals surface area contributed by atoms with E-state index in [1.54, 1.807) is 18.5 Å². The molecule has 6 aliphatic heterocycles. The number of anilines is 1. The van der Waals surface area contributed by atoms with Gasteiger partial charge in [-0.05, 0) is 62.1 Å². The molecule has 4 fully saturated rings. The Kier molecular flexibility index (Phi) is 6.76. The van der Waals surface area contributed by atoms with Crippen LogP contribution in [0, 0.1) is 11.2 Å². The van der Waals surface area contributed by atoms with Crippen LogP contribution in [0.4, 0.5) is 19.4 Å². The lowest BCUT2D eigenvalue weighted by Gasteiger charge is -2.52. The van der Waals surface area contributed by atoms with E-state index in [0.29, 0.717) is 77.2 Å². The first-order valence-corrected chi connectivity index (χ1v) is 16.8. The number of alkyl halides is 1. The Balaban J connectivity index is 1.20. The molecule has 0 unspecified atom stereocenters. The highest BCUT2D eigenvalue weighted by atomic mass is 35.5. The lowest BCUT2D eigenvalue weighted by Crippen LogP contribution is -2.53. The van der Waals surface area contributed by atoms with E-state index in [2.05, 4.69) is 30.0 Å². The van der Waals surface area contributed by atoms with Crippen molar-refractivity contribution >= 4 is 45.4 Å². The van der Waals surface area contributed by atoms with Crippen LogP contribution >= 0.6 is 11.6 Å². The van der Waals surface area contributed by atoms with Crippen LogP contribution < -0.4 is 9.64 Å². The number of hydrogen-bond acceptors (Lipinski definition) is 10. The van der Waals surface area contributed by atoms with Gasteiger partial charge < -0.3 is 19.1 Å². The van der Waals surface area contributed by atoms with Gasteiger partial charge in [0.15, 0.2) is 5.82 Å². The molecule has 3 aromatic heterocycles. The highest BCUT2D eigenvalue weighted by molar-refractivity contribution is 6.33. The molecule has 0 radical (unpaired) electrons. The fraction of sp³-hybridized carbons (Fsp3) is 0.545. The number of ether oxygens (including phenoxy) is 3. The number of aromatic nitrogens is 5. The minimum atomic E-state index is -0.902. The van der Waals surface area contributed by atoms with Crippen LogP contribution in [-0.4, -0.2) is 93.4 Å². The number of aromatic amines is 1. The van der Waals surface area contributed by atoms with Crippen LogP contribution in [0.15, 0.2) is 18.5 Å². The topological polar surface area (TPSA) is 119 Å². The average molecular weight is 666 g/mol. The molecule has 11 nitrogen and oxygen atoms in total. The second kappa shape index (κ2) is 10.8. The van der Waals surface area contributed by atoms with Crippen molar-refractivity contribution in [3.05, 3.63) is 34.9 Å². The summed E-state index contributed by atoms with van der Waals surface area (Å²) in [5.41, 5.74) is 1.24. The zero-order valence-electron chi connectivity index (χ0n) is 25.7. The number of carbonyl (C=O) groups excluding carboxylic acids is 1. The zero-order valence-corrected chi connectivity index (χ0v) is 26.5. The minimum Gasteiger partial charge on any atom is -0.461 e. The molecule has 14 heteroatoms. The molecule has 3 saturated heterocycles. The molecule has 9 heterocycles. The van der Waals surface area contributed by atoms with Crippen LogP contribution in [0.25, 0.3) is 33.1 Å². The number of nitrogens with one attached hydrogen (secondary N) is 1. The van der Waals surface area contributed by atoms with Gasteiger partial charge in [0, 0.05) is 54.6 Å². The van der Waals surface area contributed by atoms with Crippen molar-refractivity contribution in [3.8, 4) is 17.3 Å². The molecule has 1 aromatic carbocycles. The monoisotopic (exact) mass is 665 g/mol. The van der Waals surface area contributed by atoms with Crippen LogP contribution in [0.2, 0.25) is 5.02 Å². The Labute approximate surface area is 273 Å². The van der Waals surface area contributed by atoms with Crippen molar-refractivity contribution in [2.24, 2.45) is 5.41 Å². The van der Waals surface area contributed by atoms with Crippen molar-refractivity contribution in [2.45, 2.75) is 69.2 Å². The van der Waals surface area contributed by atoms with Gasteiger partial charge in [-0.3, -0.25) is 15.0 Å². The van der Waals surface area contributed by atoms with Gasteiger partial charge in [-0.15, -0.1) is 0 Å². The summed E-state index contributed by atoms with van der Waals surface area (Å²) in [4.78, 5) is 31.2. The number of halogens is 3. The number of fused-ring (bicyclic) bond motifs is 2. The quantitative estimate of drug-likeness (QED) is 0.270. The average Bonchev–Trinajstić information content (AvgIpc) is 3.73. The number of nitrogens with zero attached hydrogens (tertiary/aromatic N) is 6. The molecular weight excluding hydrogens is 632 g/mol. The zero-order chi connectivity index (χ0) is 31.9. The molecule has 1 saturated carbocycles. The number of carbonyl (C=O) groups is 1. The van der Waals surface area contributed by atoms with E-state index in [1.807, 2.05) is 0 Å². The maximum absolute atomic E-state index is 17.1. The van der Waals surface area contributed by atoms with Gasteiger partial charge in [-0.25, -0.2) is 13.6 Å². The largest absolute Gasteiger partial charge is 0.508 e. The lowest BCUT2D eigenvalue weighted by atomic mass is 9.62. The van der Waals surface area contributed by atoms with Gasteiger partial charge in [0.2, 0.25) is 0 Å². The fourth-order valence-corrected chi connectivity index (χ4v) is 9.18. The molecule has 0 amide bonds. The molecular formula is C33H34ClF2N7O4. The standard InChI is InChI=1S/C33H34ClF2N7O4/c34-23-9-24-21(14-38-41-24)25-20(23)3-8-45-31(44)47-19-11-32(12-19)4-1-6-42(16-32)29-22-13-37-28(25)26(36)27(22)39-30(40-29)46-17-33-5-2-7-43(33)15-18(35)10-33/h9,13-14,18-19H,1-8,10-12,15-17H2,(H,38,41)/t18-,19?,32?,33-/m0/s1. The first-order chi connectivity index (χ1) is 22.8. The molecule has 47 heavy (non-hydrogen) atoms. The smallest absolute Gasteiger partial charge is 0.461 e. The van der Waals surface area contributed by atoms with Crippen molar-refractivity contribution in [3.63, 3.8) is 0 Å². The first-order valence-electron chi connectivity index (χ1n) is 16.4. The Morgan fingerprint density at radius 2 is 2.00 bits per heavy atom. The van der Waals surface area contributed by atoms with E-state index in [0.717, 1.165) is 32.2 Å². The van der Waals surface area contributed by atoms with Crippen molar-refractivity contribution < 1.29 is 27.8 Å². The van der Waals surface area contributed by atoms with E-state index >= 15 is 4.39 Å². The summed E-state index contributed by atoms with van der Waals surface area (Å²) in [5.74, 6) is -0.0992. The Hall–Kier alpha value is -3.84. The number of piperidine rings is 1. The van der Waals surface area contributed by atoms with E-state index < -0.39 is 23.7 Å².